The third kappa shape index (κ3) is 9.87. The van der Waals surface area contributed by atoms with Crippen LogP contribution in [-0.4, -0.2) is 49.5 Å². The Bertz CT molecular complexity index is 1560. The molecule has 0 spiro atoms. The number of carbonyl (C=O) groups excluding carboxylic acids is 2. The van der Waals surface area contributed by atoms with E-state index in [1.807, 2.05) is 0 Å². The fraction of sp³-hybridized carbons (Fsp3) is 0.333. The molecule has 0 unspecified atom stereocenters. The number of carbonyl (C=O) groups is 2. The molecule has 1 atom stereocenters. The lowest BCUT2D eigenvalue weighted by Crippen LogP contribution is -2.56. The summed E-state index contributed by atoms with van der Waals surface area (Å²) in [5.41, 5.74) is -1.07. The molecule has 1 N–H and O–H groups in total. The predicted molar refractivity (Wildman–Crippen MR) is 162 cm³/mol. The Labute approximate surface area is 259 Å². The molecule has 3 aromatic rings. The normalized spacial score (nSPS) is 12.9. The van der Waals surface area contributed by atoms with Crippen molar-refractivity contribution in [1.29, 1.82) is 0 Å². The highest BCUT2D eigenvalue weighted by molar-refractivity contribution is 7.92. The highest BCUT2D eigenvalue weighted by Gasteiger charge is 2.36. The van der Waals surface area contributed by atoms with Gasteiger partial charge in [0.15, 0.2) is 0 Å². The number of sulfonamides is 1. The van der Waals surface area contributed by atoms with Crippen molar-refractivity contribution in [1.82, 2.24) is 10.2 Å². The zero-order chi connectivity index (χ0) is 32.2. The summed E-state index contributed by atoms with van der Waals surface area (Å²) in [5, 5.41) is 2.95. The van der Waals surface area contributed by atoms with E-state index in [1.165, 1.54) is 4.90 Å². The van der Waals surface area contributed by atoms with Gasteiger partial charge in [-0.15, -0.1) is 0 Å². The summed E-state index contributed by atoms with van der Waals surface area (Å²) in [6, 6.07) is 16.6. The molecule has 0 heterocycles. The van der Waals surface area contributed by atoms with E-state index in [0.717, 1.165) is 17.9 Å². The van der Waals surface area contributed by atoms with Crippen LogP contribution in [0.2, 0.25) is 10.0 Å². The zero-order valence-electron chi connectivity index (χ0n) is 24.0. The minimum Gasteiger partial charge on any atom is -0.350 e. The van der Waals surface area contributed by atoms with Crippen LogP contribution in [-0.2, 0) is 38.8 Å². The Balaban J connectivity index is 2.14. The van der Waals surface area contributed by atoms with E-state index in [4.69, 9.17) is 23.2 Å². The van der Waals surface area contributed by atoms with Crippen molar-refractivity contribution in [3.63, 3.8) is 0 Å². The van der Waals surface area contributed by atoms with Gasteiger partial charge in [0.2, 0.25) is 21.8 Å². The lowest BCUT2D eigenvalue weighted by atomic mass is 10.0. The number of anilines is 1. The van der Waals surface area contributed by atoms with Crippen LogP contribution >= 0.6 is 23.2 Å². The smallest absolute Gasteiger partial charge is 0.350 e. The Morgan fingerprint density at radius 3 is 2.09 bits per heavy atom. The van der Waals surface area contributed by atoms with Crippen LogP contribution in [0.1, 0.15) is 37.5 Å². The van der Waals surface area contributed by atoms with Gasteiger partial charge in [0, 0.05) is 23.5 Å². The third-order valence-corrected chi connectivity index (χ3v) is 7.91. The first-order chi connectivity index (χ1) is 19.8. The van der Waals surface area contributed by atoms with E-state index >= 15 is 0 Å². The van der Waals surface area contributed by atoms with Gasteiger partial charge in [-0.3, -0.25) is 13.9 Å². The van der Waals surface area contributed by atoms with Crippen LogP contribution in [0.25, 0.3) is 0 Å². The van der Waals surface area contributed by atoms with E-state index in [-0.39, 0.29) is 18.0 Å². The van der Waals surface area contributed by atoms with E-state index in [1.54, 1.807) is 75.4 Å². The lowest BCUT2D eigenvalue weighted by molar-refractivity contribution is -0.140. The Kier molecular flexibility index (Phi) is 10.8. The summed E-state index contributed by atoms with van der Waals surface area (Å²) >= 11 is 12.4. The van der Waals surface area contributed by atoms with Crippen LogP contribution in [0.15, 0.2) is 72.8 Å². The maximum atomic E-state index is 14.1. The third-order valence-electron chi connectivity index (χ3n) is 6.23. The number of amides is 2. The maximum absolute atomic E-state index is 14.1. The fourth-order valence-corrected chi connectivity index (χ4v) is 5.65. The van der Waals surface area contributed by atoms with Crippen LogP contribution in [0.4, 0.5) is 18.9 Å². The number of hydrogen-bond donors (Lipinski definition) is 1. The van der Waals surface area contributed by atoms with E-state index in [0.29, 0.717) is 27.0 Å². The summed E-state index contributed by atoms with van der Waals surface area (Å²) in [6.07, 6.45) is -3.97. The van der Waals surface area contributed by atoms with Gasteiger partial charge in [0.1, 0.15) is 12.6 Å². The van der Waals surface area contributed by atoms with Gasteiger partial charge < -0.3 is 10.2 Å². The summed E-state index contributed by atoms with van der Waals surface area (Å²) in [6.45, 7) is 4.24. The first kappa shape index (κ1) is 34.2. The number of hydrogen-bond acceptors (Lipinski definition) is 4. The van der Waals surface area contributed by atoms with Crippen LogP contribution < -0.4 is 9.62 Å². The Morgan fingerprint density at radius 2 is 1.53 bits per heavy atom. The minimum absolute atomic E-state index is 0.0677. The molecule has 0 radical (unpaired) electrons. The van der Waals surface area contributed by atoms with Crippen LogP contribution in [0.5, 0.6) is 0 Å². The molecule has 13 heteroatoms. The molecule has 0 fully saturated rings. The van der Waals surface area contributed by atoms with Crippen molar-refractivity contribution in [3.05, 3.63) is 99.5 Å². The summed E-state index contributed by atoms with van der Waals surface area (Å²) in [5.74, 6) is -1.35. The molecular formula is C30H32Cl2F3N3O4S. The van der Waals surface area contributed by atoms with Crippen LogP contribution in [0, 0.1) is 0 Å². The first-order valence-corrected chi connectivity index (χ1v) is 15.7. The SMILES string of the molecule is CC(C)(C)NC(=O)[C@H](Cc1ccccc1)N(Cc1cccc(Cl)c1)C(=O)CN(c1cc(C(F)(F)F)ccc1Cl)S(C)(=O)=O. The molecule has 43 heavy (non-hydrogen) atoms. The van der Waals surface area contributed by atoms with Gasteiger partial charge in [0.25, 0.3) is 0 Å². The summed E-state index contributed by atoms with van der Waals surface area (Å²) in [7, 11) is -4.33. The van der Waals surface area contributed by atoms with E-state index in [2.05, 4.69) is 5.32 Å². The number of alkyl halides is 3. The molecule has 3 rings (SSSR count). The van der Waals surface area contributed by atoms with Gasteiger partial charge in [-0.1, -0.05) is 65.7 Å². The van der Waals surface area contributed by atoms with Gasteiger partial charge in [-0.2, -0.15) is 13.2 Å². The second-order valence-electron chi connectivity index (χ2n) is 11.0. The van der Waals surface area contributed by atoms with Crippen molar-refractivity contribution in [3.8, 4) is 0 Å². The highest BCUT2D eigenvalue weighted by atomic mass is 35.5. The standard InChI is InChI=1S/C30H32Cl2F3N3O4S/c1-29(2,3)36-28(40)26(16-20-9-6-5-7-10-20)37(18-21-11-8-12-23(31)15-21)27(39)19-38(43(4,41)42)25-17-22(30(33,34)35)13-14-24(25)32/h5-15,17,26H,16,18-19H2,1-4H3,(H,36,40)/t26-/m0/s1. The molecule has 0 saturated carbocycles. The summed E-state index contributed by atoms with van der Waals surface area (Å²) < 4.78 is 66.9. The van der Waals surface area contributed by atoms with Crippen molar-refractivity contribution in [2.45, 2.75) is 51.5 Å². The predicted octanol–water partition coefficient (Wildman–Crippen LogP) is 6.33. The fourth-order valence-electron chi connectivity index (χ4n) is 4.31. The Morgan fingerprint density at radius 1 is 0.907 bits per heavy atom. The average Bonchev–Trinajstić information content (AvgIpc) is 2.88. The van der Waals surface area contributed by atoms with E-state index in [9.17, 15) is 31.2 Å². The monoisotopic (exact) mass is 657 g/mol. The van der Waals surface area contributed by atoms with Gasteiger partial charge >= 0.3 is 6.18 Å². The molecule has 2 amide bonds. The zero-order valence-corrected chi connectivity index (χ0v) is 26.3. The number of benzene rings is 3. The summed E-state index contributed by atoms with van der Waals surface area (Å²) in [4.78, 5) is 29.0. The molecule has 7 nitrogen and oxygen atoms in total. The highest BCUT2D eigenvalue weighted by Crippen LogP contribution is 2.36. The molecule has 0 saturated heterocycles. The van der Waals surface area contributed by atoms with Crippen LogP contribution in [0.3, 0.4) is 0 Å². The number of halogens is 5. The van der Waals surface area contributed by atoms with E-state index < -0.39 is 57.4 Å². The average molecular weight is 659 g/mol. The molecular weight excluding hydrogens is 626 g/mol. The maximum Gasteiger partial charge on any atom is 0.416 e. The van der Waals surface area contributed by atoms with Crippen molar-refractivity contribution in [2.24, 2.45) is 0 Å². The van der Waals surface area contributed by atoms with Gasteiger partial charge in [-0.25, -0.2) is 8.42 Å². The second-order valence-corrected chi connectivity index (χ2v) is 13.8. The lowest BCUT2D eigenvalue weighted by Gasteiger charge is -2.35. The minimum atomic E-state index is -4.79. The Hall–Kier alpha value is -3.28. The molecule has 232 valence electrons. The molecule has 0 aliphatic carbocycles. The molecule has 0 aliphatic rings. The molecule has 0 aromatic heterocycles. The molecule has 3 aromatic carbocycles. The number of nitrogens with one attached hydrogen (secondary N) is 1. The quantitative estimate of drug-likeness (QED) is 0.276. The molecule has 0 aliphatic heterocycles. The second kappa shape index (κ2) is 13.6. The van der Waals surface area contributed by atoms with Crippen molar-refractivity contribution in [2.75, 3.05) is 17.1 Å². The van der Waals surface area contributed by atoms with Crippen molar-refractivity contribution < 1.29 is 31.2 Å². The topological polar surface area (TPSA) is 86.8 Å². The number of rotatable bonds is 10. The van der Waals surface area contributed by atoms with Gasteiger partial charge in [-0.05, 0) is 62.2 Å². The molecule has 0 bridgehead atoms. The largest absolute Gasteiger partial charge is 0.416 e. The number of nitrogens with zero attached hydrogens (tertiary/aromatic N) is 2. The van der Waals surface area contributed by atoms with Gasteiger partial charge in [0.05, 0.1) is 22.5 Å². The van der Waals surface area contributed by atoms with Crippen molar-refractivity contribution >= 4 is 50.7 Å². The first-order valence-electron chi connectivity index (χ1n) is 13.1.